The summed E-state index contributed by atoms with van der Waals surface area (Å²) in [5.74, 6) is 5.28. The van der Waals surface area contributed by atoms with Crippen LogP contribution in [0.15, 0.2) is 48.7 Å². The summed E-state index contributed by atoms with van der Waals surface area (Å²) in [5.41, 5.74) is 3.25. The van der Waals surface area contributed by atoms with Gasteiger partial charge in [-0.05, 0) is 82.3 Å². The van der Waals surface area contributed by atoms with E-state index in [0.717, 1.165) is 34.9 Å². The molecule has 0 aliphatic carbocycles. The van der Waals surface area contributed by atoms with Crippen LogP contribution in [0.2, 0.25) is 0 Å². The smallest absolute Gasteiger partial charge is 0.298 e. The Kier molecular flexibility index (Phi) is 7.98. The summed E-state index contributed by atoms with van der Waals surface area (Å²) < 4.78 is 19.3. The molecule has 246 valence electrons. The van der Waals surface area contributed by atoms with Crippen LogP contribution in [-0.2, 0) is 4.79 Å². The topological polar surface area (TPSA) is 105 Å². The van der Waals surface area contributed by atoms with Crippen molar-refractivity contribution < 1.29 is 9.18 Å². The van der Waals surface area contributed by atoms with E-state index >= 15 is 4.39 Å². The number of halogens is 1. The number of carbonyl (C=O) groups is 1. The van der Waals surface area contributed by atoms with E-state index in [-0.39, 0.29) is 35.5 Å². The van der Waals surface area contributed by atoms with E-state index in [1.165, 1.54) is 0 Å². The molecule has 0 saturated carbocycles. The number of likely N-dealkylation sites (N-methyl/N-ethyl adjacent to an activating group) is 1. The number of fused-ring (bicyclic) bond motifs is 4. The van der Waals surface area contributed by atoms with Gasteiger partial charge in [-0.2, -0.15) is 15.6 Å². The zero-order chi connectivity index (χ0) is 34.6. The standard InChI is InChI=1S/C39H37FN8O/c1-6-9-32(49)47-17-15-28(19-27(47)14-16-41)48-37-30-18-24(2)33(29-13-8-11-25-10-7-12-26(20-42)34(25)29)35(40)36(30)44-38(31(37)21-43-48)46-22-39(3,23-46)45(4)5/h7-8,10-13,18,21,27-28H,14-15,17,19,22-23H2,1-5H3/t27-,28+/m1/s1. The van der Waals surface area contributed by atoms with Crippen molar-refractivity contribution in [2.24, 2.45) is 0 Å². The summed E-state index contributed by atoms with van der Waals surface area (Å²) in [7, 11) is 4.13. The molecule has 49 heavy (non-hydrogen) atoms. The number of benzene rings is 3. The van der Waals surface area contributed by atoms with Gasteiger partial charge >= 0.3 is 0 Å². The first-order chi connectivity index (χ1) is 23.6. The Hall–Kier alpha value is -5.50. The minimum atomic E-state index is -0.442. The van der Waals surface area contributed by atoms with Gasteiger partial charge in [-0.3, -0.25) is 9.48 Å². The first-order valence-corrected chi connectivity index (χ1v) is 16.5. The summed E-state index contributed by atoms with van der Waals surface area (Å²) in [6.45, 7) is 7.61. The third-order valence-corrected chi connectivity index (χ3v) is 10.5. The molecule has 2 aromatic heterocycles. The predicted molar refractivity (Wildman–Crippen MR) is 189 cm³/mol. The molecule has 0 unspecified atom stereocenters. The average Bonchev–Trinajstić information content (AvgIpc) is 3.52. The molecule has 2 fully saturated rings. The number of aryl methyl sites for hydroxylation is 1. The van der Waals surface area contributed by atoms with Crippen molar-refractivity contribution in [1.29, 1.82) is 10.5 Å². The Labute approximate surface area is 285 Å². The summed E-state index contributed by atoms with van der Waals surface area (Å²) in [4.78, 5) is 24.0. The number of carbonyl (C=O) groups excluding carboxylic acids is 1. The van der Waals surface area contributed by atoms with Gasteiger partial charge < -0.3 is 14.7 Å². The van der Waals surface area contributed by atoms with Gasteiger partial charge in [0.25, 0.3) is 5.91 Å². The van der Waals surface area contributed by atoms with Gasteiger partial charge in [-0.15, -0.1) is 0 Å². The van der Waals surface area contributed by atoms with Crippen molar-refractivity contribution in [3.63, 3.8) is 0 Å². The number of anilines is 1. The fraction of sp³-hybridized carbons (Fsp3) is 0.359. The number of aromatic nitrogens is 3. The van der Waals surface area contributed by atoms with Crippen molar-refractivity contribution in [3.05, 3.63) is 65.6 Å². The molecular weight excluding hydrogens is 615 g/mol. The lowest BCUT2D eigenvalue weighted by Crippen LogP contribution is -2.67. The maximum Gasteiger partial charge on any atom is 0.298 e. The van der Waals surface area contributed by atoms with Crippen molar-refractivity contribution in [1.82, 2.24) is 24.6 Å². The van der Waals surface area contributed by atoms with Crippen LogP contribution in [0.25, 0.3) is 43.7 Å². The van der Waals surface area contributed by atoms with Gasteiger partial charge in [0.15, 0.2) is 5.82 Å². The molecule has 4 heterocycles. The number of likely N-dealkylation sites (tertiary alicyclic amines) is 1. The van der Waals surface area contributed by atoms with Gasteiger partial charge in [-0.25, -0.2) is 9.37 Å². The van der Waals surface area contributed by atoms with Crippen LogP contribution in [0.3, 0.4) is 0 Å². The van der Waals surface area contributed by atoms with E-state index in [4.69, 9.17) is 10.1 Å². The van der Waals surface area contributed by atoms with Crippen molar-refractivity contribution in [2.45, 2.75) is 57.7 Å². The molecule has 2 saturated heterocycles. The molecule has 2 aliphatic rings. The highest BCUT2D eigenvalue weighted by Gasteiger charge is 2.42. The molecule has 3 aromatic carbocycles. The maximum absolute atomic E-state index is 17.3. The Morgan fingerprint density at radius 1 is 1.14 bits per heavy atom. The molecule has 7 rings (SSSR count). The zero-order valence-corrected chi connectivity index (χ0v) is 28.4. The highest BCUT2D eigenvalue weighted by atomic mass is 19.1. The van der Waals surface area contributed by atoms with Gasteiger partial charge in [0.1, 0.15) is 11.3 Å². The number of hydrogen-bond acceptors (Lipinski definition) is 7. The molecule has 1 amide bonds. The number of pyridine rings is 1. The number of rotatable bonds is 5. The third-order valence-electron chi connectivity index (χ3n) is 10.5. The third kappa shape index (κ3) is 5.14. The lowest BCUT2D eigenvalue weighted by atomic mass is 9.89. The van der Waals surface area contributed by atoms with Crippen molar-refractivity contribution >= 4 is 44.3 Å². The molecule has 2 aliphatic heterocycles. The van der Waals surface area contributed by atoms with Crippen LogP contribution in [0.5, 0.6) is 0 Å². The molecule has 10 heteroatoms. The minimum Gasteiger partial charge on any atom is -0.352 e. The number of piperidine rings is 1. The second kappa shape index (κ2) is 12.2. The van der Waals surface area contributed by atoms with Crippen LogP contribution in [0.4, 0.5) is 10.2 Å². The molecular formula is C39H37FN8O. The van der Waals surface area contributed by atoms with Crippen LogP contribution < -0.4 is 4.90 Å². The Balaban J connectivity index is 1.44. The maximum atomic E-state index is 17.3. The summed E-state index contributed by atoms with van der Waals surface area (Å²) in [5, 5.41) is 27.6. The van der Waals surface area contributed by atoms with E-state index in [1.807, 2.05) is 54.2 Å². The Bertz CT molecular complexity index is 2310. The molecule has 5 aromatic rings. The van der Waals surface area contributed by atoms with E-state index in [1.54, 1.807) is 17.9 Å². The number of nitrogens with zero attached hydrogens (tertiary/aromatic N) is 8. The lowest BCUT2D eigenvalue weighted by molar-refractivity contribution is -0.129. The van der Waals surface area contributed by atoms with E-state index in [9.17, 15) is 15.3 Å². The molecule has 2 atom stereocenters. The predicted octanol–water partition coefficient (Wildman–Crippen LogP) is 6.33. The number of nitriles is 2. The summed E-state index contributed by atoms with van der Waals surface area (Å²) in [6.07, 6.45) is 3.15. The molecule has 0 N–H and O–H groups in total. The SMILES string of the molecule is CC#CC(=O)N1CC[C@H](n2ncc3c(N4CC(C)(N(C)C)C4)nc4c(F)c(-c5cccc6cccc(C#N)c56)c(C)cc4c32)C[C@H]1CC#N. The quantitative estimate of drug-likeness (QED) is 0.204. The Morgan fingerprint density at radius 3 is 2.59 bits per heavy atom. The summed E-state index contributed by atoms with van der Waals surface area (Å²) in [6, 6.07) is 17.3. The average molecular weight is 653 g/mol. The fourth-order valence-electron chi connectivity index (χ4n) is 7.71. The normalized spacial score (nSPS) is 18.6. The molecule has 0 radical (unpaired) electrons. The largest absolute Gasteiger partial charge is 0.352 e. The van der Waals surface area contributed by atoms with Crippen LogP contribution in [-0.4, -0.2) is 75.8 Å². The second-order valence-corrected chi connectivity index (χ2v) is 13.7. The molecule has 9 nitrogen and oxygen atoms in total. The van der Waals surface area contributed by atoms with Gasteiger partial charge in [0.05, 0.1) is 52.8 Å². The Morgan fingerprint density at radius 2 is 1.90 bits per heavy atom. The van der Waals surface area contributed by atoms with Gasteiger partial charge in [-0.1, -0.05) is 36.3 Å². The van der Waals surface area contributed by atoms with Crippen molar-refractivity contribution in [2.75, 3.05) is 38.6 Å². The van der Waals surface area contributed by atoms with Gasteiger partial charge in [0.2, 0.25) is 0 Å². The first-order valence-electron chi connectivity index (χ1n) is 16.5. The van der Waals surface area contributed by atoms with E-state index < -0.39 is 5.82 Å². The first kappa shape index (κ1) is 32.1. The highest BCUT2D eigenvalue weighted by Crippen LogP contribution is 2.43. The zero-order valence-electron chi connectivity index (χ0n) is 28.4. The van der Waals surface area contributed by atoms with Crippen LogP contribution in [0.1, 0.15) is 50.3 Å². The van der Waals surface area contributed by atoms with E-state index in [0.29, 0.717) is 52.7 Å². The second-order valence-electron chi connectivity index (χ2n) is 13.7. The molecule has 0 bridgehead atoms. The number of amides is 1. The fourth-order valence-corrected chi connectivity index (χ4v) is 7.71. The van der Waals surface area contributed by atoms with Crippen molar-refractivity contribution in [3.8, 4) is 35.1 Å². The van der Waals surface area contributed by atoms with Gasteiger partial charge in [0, 0.05) is 42.0 Å². The number of hydrogen-bond donors (Lipinski definition) is 0. The van der Waals surface area contributed by atoms with Crippen LogP contribution >= 0.6 is 0 Å². The lowest BCUT2D eigenvalue weighted by Gasteiger charge is -2.52. The highest BCUT2D eigenvalue weighted by molar-refractivity contribution is 6.11. The van der Waals surface area contributed by atoms with Crippen LogP contribution in [0, 0.1) is 47.2 Å². The van der Waals surface area contributed by atoms with E-state index in [2.05, 4.69) is 54.8 Å². The molecule has 0 spiro atoms. The minimum absolute atomic E-state index is 0.0577. The summed E-state index contributed by atoms with van der Waals surface area (Å²) >= 11 is 0. The monoisotopic (exact) mass is 652 g/mol.